The lowest BCUT2D eigenvalue weighted by molar-refractivity contribution is -0.123. The Labute approximate surface area is 287 Å². The summed E-state index contributed by atoms with van der Waals surface area (Å²) in [6, 6.07) is 15.8. The predicted molar refractivity (Wildman–Crippen MR) is 184 cm³/mol. The summed E-state index contributed by atoms with van der Waals surface area (Å²) in [4.78, 5) is 63.3. The topological polar surface area (TPSA) is 150 Å². The van der Waals surface area contributed by atoms with E-state index < -0.39 is 41.8 Å². The number of ether oxygens (including phenoxy) is 1. The van der Waals surface area contributed by atoms with E-state index in [0.717, 1.165) is 22.0 Å². The van der Waals surface area contributed by atoms with Gasteiger partial charge in [0, 0.05) is 51.4 Å². The molecule has 11 nitrogen and oxygen atoms in total. The van der Waals surface area contributed by atoms with Crippen molar-refractivity contribution in [3.05, 3.63) is 99.2 Å². The molecular formula is C35H34Cl2N6O5. The number of carbonyl (C=O) groups excluding carboxylic acids is 4. The first-order valence-corrected chi connectivity index (χ1v) is 16.1. The van der Waals surface area contributed by atoms with Crippen molar-refractivity contribution >= 4 is 63.6 Å². The van der Waals surface area contributed by atoms with Gasteiger partial charge in [0.15, 0.2) is 5.78 Å². The minimum absolute atomic E-state index is 0.127. The molecule has 2 unspecified atom stereocenters. The molecule has 48 heavy (non-hydrogen) atoms. The first-order chi connectivity index (χ1) is 22.8. The quantitative estimate of drug-likeness (QED) is 0.166. The van der Waals surface area contributed by atoms with Crippen molar-refractivity contribution in [3.8, 4) is 5.75 Å². The summed E-state index contributed by atoms with van der Waals surface area (Å²) < 4.78 is 6.39. The second-order valence-corrected chi connectivity index (χ2v) is 13.6. The molecule has 3 heterocycles. The maximum atomic E-state index is 14.7. The average molecular weight is 690 g/mol. The van der Waals surface area contributed by atoms with Crippen LogP contribution in [0.3, 0.4) is 0 Å². The van der Waals surface area contributed by atoms with Gasteiger partial charge in [-0.3, -0.25) is 24.3 Å². The highest BCUT2D eigenvalue weighted by Gasteiger charge is 2.46. The van der Waals surface area contributed by atoms with Gasteiger partial charge in [-0.15, -0.1) is 0 Å². The molecule has 2 aliphatic heterocycles. The van der Waals surface area contributed by atoms with Gasteiger partial charge in [-0.05, 0) is 62.7 Å². The Morgan fingerprint density at radius 1 is 1.02 bits per heavy atom. The normalized spacial score (nSPS) is 18.1. The Bertz CT molecular complexity index is 1970. The largest absolute Gasteiger partial charge is 0.487 e. The molecule has 0 radical (unpaired) electrons. The number of benzene rings is 3. The standard InChI is InChI=1S/C35H34Cl2N6O5/c1-35(2,3)48-28-14-20(27(44)16-29(38)45)6-10-24(28)33-41-31(25-17-40-26-15-22(37)9-11-23(25)26)32(19-4-7-21(36)8-5-19)43(33)34(47)42-13-12-39-30(46)18-42/h4-11,14-15,17,31-32,40H,12-13,16,18H2,1-3H3,(H2,38,45)(H,39,46). The van der Waals surface area contributed by atoms with Crippen LogP contribution in [0.5, 0.6) is 5.75 Å². The highest BCUT2D eigenvalue weighted by atomic mass is 35.5. The molecule has 3 aromatic carbocycles. The highest BCUT2D eigenvalue weighted by Crippen LogP contribution is 2.47. The van der Waals surface area contributed by atoms with Crippen LogP contribution in [-0.2, 0) is 9.59 Å². The third-order valence-electron chi connectivity index (χ3n) is 8.08. The first kappa shape index (κ1) is 33.0. The van der Waals surface area contributed by atoms with Crippen molar-refractivity contribution in [3.63, 3.8) is 0 Å². The number of nitrogens with one attached hydrogen (secondary N) is 2. The van der Waals surface area contributed by atoms with Crippen molar-refractivity contribution in [1.82, 2.24) is 20.1 Å². The predicted octanol–water partition coefficient (Wildman–Crippen LogP) is 5.81. The maximum absolute atomic E-state index is 14.7. The van der Waals surface area contributed by atoms with Crippen molar-refractivity contribution in [1.29, 1.82) is 0 Å². The Morgan fingerprint density at radius 2 is 1.75 bits per heavy atom. The number of hydrogen-bond donors (Lipinski definition) is 3. The molecule has 0 saturated carbocycles. The molecule has 1 saturated heterocycles. The molecule has 2 aliphatic rings. The minimum atomic E-state index is -0.751. The van der Waals surface area contributed by atoms with Crippen molar-refractivity contribution in [2.45, 2.75) is 44.9 Å². The van der Waals surface area contributed by atoms with Crippen LogP contribution in [0.1, 0.15) is 66.3 Å². The number of halogens is 2. The Balaban J connectivity index is 1.58. The van der Waals surface area contributed by atoms with Gasteiger partial charge in [0.2, 0.25) is 11.8 Å². The molecule has 0 spiro atoms. The number of Topliss-reactive ketones (excluding diaryl/α,β-unsaturated/α-hetero) is 1. The van der Waals surface area contributed by atoms with Crippen LogP contribution < -0.4 is 15.8 Å². The molecule has 13 heteroatoms. The summed E-state index contributed by atoms with van der Waals surface area (Å²) in [6.07, 6.45) is 1.39. The Kier molecular flexibility index (Phi) is 8.93. The van der Waals surface area contributed by atoms with E-state index in [0.29, 0.717) is 28.7 Å². The summed E-state index contributed by atoms with van der Waals surface area (Å²) in [5.74, 6) is -0.921. The molecule has 1 fully saturated rings. The van der Waals surface area contributed by atoms with E-state index in [1.165, 1.54) is 4.90 Å². The van der Waals surface area contributed by atoms with Crippen molar-refractivity contribution in [2.24, 2.45) is 10.7 Å². The van der Waals surface area contributed by atoms with Gasteiger partial charge in [-0.2, -0.15) is 0 Å². The fraction of sp³-hybridized carbons (Fsp3) is 0.286. The monoisotopic (exact) mass is 688 g/mol. The number of H-pyrrole nitrogens is 1. The zero-order valence-electron chi connectivity index (χ0n) is 26.6. The fourth-order valence-electron chi connectivity index (χ4n) is 6.05. The number of aromatic amines is 1. The zero-order chi connectivity index (χ0) is 34.3. The van der Waals surface area contributed by atoms with Crippen LogP contribution in [0.15, 0.2) is 71.9 Å². The lowest BCUT2D eigenvalue weighted by Gasteiger charge is -2.36. The number of primary amides is 1. The average Bonchev–Trinajstić information content (AvgIpc) is 3.61. The molecule has 4 N–H and O–H groups in total. The number of nitrogens with two attached hydrogens (primary N) is 1. The van der Waals surface area contributed by atoms with Gasteiger partial charge in [0.25, 0.3) is 0 Å². The number of carbonyl (C=O) groups is 4. The van der Waals surface area contributed by atoms with Gasteiger partial charge < -0.3 is 25.7 Å². The van der Waals surface area contributed by atoms with E-state index in [2.05, 4.69) is 10.3 Å². The number of hydrogen-bond acceptors (Lipinski definition) is 6. The van der Waals surface area contributed by atoms with Crippen LogP contribution in [-0.4, -0.2) is 69.5 Å². The number of aliphatic imine (C=N–C) groups is 1. The van der Waals surface area contributed by atoms with E-state index in [9.17, 15) is 19.2 Å². The van der Waals surface area contributed by atoms with Crippen molar-refractivity contribution in [2.75, 3.05) is 19.6 Å². The molecule has 6 rings (SSSR count). The maximum Gasteiger partial charge on any atom is 0.326 e. The molecule has 0 aliphatic carbocycles. The summed E-state index contributed by atoms with van der Waals surface area (Å²) in [5, 5.41) is 4.74. The number of aromatic nitrogens is 1. The van der Waals surface area contributed by atoms with E-state index in [1.807, 2.05) is 51.2 Å². The van der Waals surface area contributed by atoms with Gasteiger partial charge >= 0.3 is 6.03 Å². The molecule has 248 valence electrons. The van der Waals surface area contributed by atoms with Gasteiger partial charge in [-0.1, -0.05) is 47.5 Å². The number of urea groups is 1. The lowest BCUT2D eigenvalue weighted by atomic mass is 9.93. The van der Waals surface area contributed by atoms with Gasteiger partial charge in [0.1, 0.15) is 29.8 Å². The zero-order valence-corrected chi connectivity index (χ0v) is 28.1. The number of fused-ring (bicyclic) bond motifs is 1. The van der Waals surface area contributed by atoms with E-state index in [-0.39, 0.29) is 29.6 Å². The SMILES string of the molecule is CC(C)(C)Oc1cc(C(=O)CC(N)=O)ccc1C1=NC(c2c[nH]c3cc(Cl)ccc23)C(c2ccc(Cl)cc2)N1C(=O)N1CCNC(=O)C1. The molecule has 4 amide bonds. The second-order valence-electron chi connectivity index (χ2n) is 12.7. The number of nitrogens with zero attached hydrogens (tertiary/aromatic N) is 3. The number of piperazine rings is 1. The number of ketones is 1. The van der Waals surface area contributed by atoms with Gasteiger partial charge in [0.05, 0.1) is 18.0 Å². The van der Waals surface area contributed by atoms with Crippen molar-refractivity contribution < 1.29 is 23.9 Å². The first-order valence-electron chi connectivity index (χ1n) is 15.4. The third kappa shape index (κ3) is 6.74. The second kappa shape index (κ2) is 13.0. The van der Waals surface area contributed by atoms with Crippen LogP contribution in [0.25, 0.3) is 10.9 Å². The van der Waals surface area contributed by atoms with E-state index >= 15 is 0 Å². The van der Waals surface area contributed by atoms with Crippen LogP contribution in [0, 0.1) is 0 Å². The molecule has 0 bridgehead atoms. The summed E-state index contributed by atoms with van der Waals surface area (Å²) in [6.45, 7) is 6.05. The molecule has 1 aromatic heterocycles. The minimum Gasteiger partial charge on any atom is -0.487 e. The summed E-state index contributed by atoms with van der Waals surface area (Å²) >= 11 is 12.6. The third-order valence-corrected chi connectivity index (χ3v) is 8.57. The summed E-state index contributed by atoms with van der Waals surface area (Å²) in [5.41, 5.74) is 7.64. The fourth-order valence-corrected chi connectivity index (χ4v) is 6.35. The number of amides is 4. The smallest absolute Gasteiger partial charge is 0.326 e. The van der Waals surface area contributed by atoms with Crippen LogP contribution in [0.4, 0.5) is 4.79 Å². The van der Waals surface area contributed by atoms with Crippen LogP contribution in [0.2, 0.25) is 10.0 Å². The lowest BCUT2D eigenvalue weighted by Crippen LogP contribution is -2.55. The molecular weight excluding hydrogens is 655 g/mol. The van der Waals surface area contributed by atoms with E-state index in [4.69, 9.17) is 38.7 Å². The van der Waals surface area contributed by atoms with E-state index in [1.54, 1.807) is 41.3 Å². The van der Waals surface area contributed by atoms with Crippen LogP contribution >= 0.6 is 23.2 Å². The summed E-state index contributed by atoms with van der Waals surface area (Å²) in [7, 11) is 0. The number of amidine groups is 1. The molecule has 2 atom stereocenters. The highest BCUT2D eigenvalue weighted by molar-refractivity contribution is 6.31. The number of rotatable bonds is 7. The Hall–Kier alpha value is -4.87. The van der Waals surface area contributed by atoms with Gasteiger partial charge in [-0.25, -0.2) is 4.79 Å². The molecule has 4 aromatic rings. The Morgan fingerprint density at radius 3 is 2.44 bits per heavy atom.